The molecule has 0 radical (unpaired) electrons. The number of benzene rings is 1. The van der Waals surface area contributed by atoms with E-state index in [4.69, 9.17) is 4.74 Å². The van der Waals surface area contributed by atoms with Gasteiger partial charge in [0, 0.05) is 12.5 Å². The summed E-state index contributed by atoms with van der Waals surface area (Å²) < 4.78 is 5.44. The largest absolute Gasteiger partial charge is 0.496 e. The van der Waals surface area contributed by atoms with E-state index in [1.165, 1.54) is 30.5 Å². The Labute approximate surface area is 103 Å². The van der Waals surface area contributed by atoms with E-state index < -0.39 is 0 Å². The lowest BCUT2D eigenvalue weighted by Gasteiger charge is -2.28. The van der Waals surface area contributed by atoms with E-state index in [-0.39, 0.29) is 12.4 Å². The Morgan fingerprint density at radius 3 is 3.00 bits per heavy atom. The van der Waals surface area contributed by atoms with Crippen molar-refractivity contribution < 1.29 is 4.74 Å². The molecule has 0 spiro atoms. The van der Waals surface area contributed by atoms with Crippen LogP contribution in [-0.2, 0) is 6.42 Å². The molecule has 1 aromatic carbocycles. The summed E-state index contributed by atoms with van der Waals surface area (Å²) in [5.41, 5.74) is 2.97. The minimum atomic E-state index is 0. The van der Waals surface area contributed by atoms with Gasteiger partial charge in [-0.2, -0.15) is 0 Å². The number of fused-ring (bicyclic) bond motifs is 3. The van der Waals surface area contributed by atoms with Crippen molar-refractivity contribution in [2.24, 2.45) is 5.92 Å². The molecule has 3 rings (SSSR count). The van der Waals surface area contributed by atoms with E-state index in [2.05, 4.69) is 23.5 Å². The number of hydrogen-bond donors (Lipinski definition) is 1. The molecule has 0 amide bonds. The van der Waals surface area contributed by atoms with Crippen LogP contribution in [-0.4, -0.2) is 20.2 Å². The fraction of sp³-hybridized carbons (Fsp3) is 0.538. The predicted octanol–water partition coefficient (Wildman–Crippen LogP) is 2.37. The quantitative estimate of drug-likeness (QED) is 0.813. The summed E-state index contributed by atoms with van der Waals surface area (Å²) in [6, 6.07) is 6.49. The third-order valence-electron chi connectivity index (χ3n) is 3.89. The second-order valence-electron chi connectivity index (χ2n) is 4.59. The molecule has 1 heterocycles. The Balaban J connectivity index is 0.000000963. The van der Waals surface area contributed by atoms with E-state index in [9.17, 15) is 0 Å². The molecule has 1 aliphatic carbocycles. The highest BCUT2D eigenvalue weighted by Crippen LogP contribution is 2.41. The van der Waals surface area contributed by atoms with Gasteiger partial charge in [-0.05, 0) is 42.5 Å². The maximum absolute atomic E-state index is 5.44. The first-order chi connectivity index (χ1) is 7.40. The SMILES string of the molecule is COc1cccc2c1CC[C@H]1CNC[C@@H]21.Cl. The van der Waals surface area contributed by atoms with Crippen LogP contribution in [0, 0.1) is 5.92 Å². The Hall–Kier alpha value is -0.730. The van der Waals surface area contributed by atoms with Gasteiger partial charge in [0.05, 0.1) is 7.11 Å². The molecule has 1 aromatic rings. The summed E-state index contributed by atoms with van der Waals surface area (Å²) in [5.74, 6) is 2.66. The van der Waals surface area contributed by atoms with Gasteiger partial charge in [0.2, 0.25) is 0 Å². The summed E-state index contributed by atoms with van der Waals surface area (Å²) in [6.07, 6.45) is 2.49. The van der Waals surface area contributed by atoms with Gasteiger partial charge >= 0.3 is 0 Å². The lowest BCUT2D eigenvalue weighted by Crippen LogP contribution is -2.19. The van der Waals surface area contributed by atoms with Gasteiger partial charge in [-0.3, -0.25) is 0 Å². The molecule has 2 nitrogen and oxygen atoms in total. The standard InChI is InChI=1S/C13H17NO.ClH/c1-15-13-4-2-3-10-11(13)6-5-9-7-14-8-12(9)10;/h2-4,9,12,14H,5-8H2,1H3;1H/t9-,12+;/m0./s1. The molecule has 1 fully saturated rings. The fourth-order valence-corrected chi connectivity index (χ4v) is 3.12. The molecule has 1 saturated heterocycles. The van der Waals surface area contributed by atoms with Crippen molar-refractivity contribution >= 4 is 12.4 Å². The number of ether oxygens (including phenoxy) is 1. The van der Waals surface area contributed by atoms with Crippen molar-refractivity contribution in [3.05, 3.63) is 29.3 Å². The monoisotopic (exact) mass is 239 g/mol. The van der Waals surface area contributed by atoms with Crippen LogP contribution in [0.3, 0.4) is 0 Å². The summed E-state index contributed by atoms with van der Waals surface area (Å²) >= 11 is 0. The van der Waals surface area contributed by atoms with Crippen LogP contribution in [0.5, 0.6) is 5.75 Å². The summed E-state index contributed by atoms with van der Waals surface area (Å²) in [4.78, 5) is 0. The Bertz CT molecular complexity index is 380. The second-order valence-corrected chi connectivity index (χ2v) is 4.59. The number of halogens is 1. The van der Waals surface area contributed by atoms with E-state index >= 15 is 0 Å². The summed E-state index contributed by atoms with van der Waals surface area (Å²) in [5, 5.41) is 3.50. The van der Waals surface area contributed by atoms with E-state index in [1.807, 2.05) is 0 Å². The smallest absolute Gasteiger partial charge is 0.122 e. The molecule has 0 bridgehead atoms. The topological polar surface area (TPSA) is 21.3 Å². The number of rotatable bonds is 1. The van der Waals surface area contributed by atoms with Crippen LogP contribution >= 0.6 is 12.4 Å². The highest BCUT2D eigenvalue weighted by molar-refractivity contribution is 5.85. The molecule has 2 aliphatic rings. The molecule has 1 N–H and O–H groups in total. The highest BCUT2D eigenvalue weighted by Gasteiger charge is 2.34. The lowest BCUT2D eigenvalue weighted by atomic mass is 9.77. The van der Waals surface area contributed by atoms with Crippen LogP contribution in [0.4, 0.5) is 0 Å². The van der Waals surface area contributed by atoms with Crippen molar-refractivity contribution in [3.63, 3.8) is 0 Å². The first-order valence-corrected chi connectivity index (χ1v) is 5.76. The van der Waals surface area contributed by atoms with Crippen molar-refractivity contribution in [2.75, 3.05) is 20.2 Å². The average molecular weight is 240 g/mol. The molecule has 16 heavy (non-hydrogen) atoms. The van der Waals surface area contributed by atoms with Crippen molar-refractivity contribution in [1.29, 1.82) is 0 Å². The third kappa shape index (κ3) is 1.70. The molecular weight excluding hydrogens is 222 g/mol. The first kappa shape index (κ1) is 11.7. The third-order valence-corrected chi connectivity index (χ3v) is 3.89. The molecule has 88 valence electrons. The summed E-state index contributed by atoms with van der Waals surface area (Å²) in [6.45, 7) is 2.34. The minimum Gasteiger partial charge on any atom is -0.496 e. The van der Waals surface area contributed by atoms with Crippen LogP contribution in [0.2, 0.25) is 0 Å². The molecule has 0 unspecified atom stereocenters. The van der Waals surface area contributed by atoms with Gasteiger partial charge < -0.3 is 10.1 Å². The Morgan fingerprint density at radius 1 is 1.31 bits per heavy atom. The number of hydrogen-bond acceptors (Lipinski definition) is 2. The van der Waals surface area contributed by atoms with Gasteiger partial charge in [0.15, 0.2) is 0 Å². The predicted molar refractivity (Wildman–Crippen MR) is 67.7 cm³/mol. The zero-order chi connectivity index (χ0) is 10.3. The van der Waals surface area contributed by atoms with Gasteiger partial charge in [-0.25, -0.2) is 0 Å². The molecule has 0 aromatic heterocycles. The molecule has 3 heteroatoms. The normalized spacial score (nSPS) is 26.6. The zero-order valence-corrected chi connectivity index (χ0v) is 10.3. The highest BCUT2D eigenvalue weighted by atomic mass is 35.5. The van der Waals surface area contributed by atoms with Crippen molar-refractivity contribution in [3.8, 4) is 5.75 Å². The second kappa shape index (κ2) is 4.64. The fourth-order valence-electron chi connectivity index (χ4n) is 3.12. The Kier molecular flexibility index (Phi) is 3.41. The van der Waals surface area contributed by atoms with Gasteiger partial charge in [-0.15, -0.1) is 12.4 Å². The van der Waals surface area contributed by atoms with E-state index in [0.717, 1.165) is 24.1 Å². The number of methoxy groups -OCH3 is 1. The average Bonchev–Trinajstić information content (AvgIpc) is 2.76. The van der Waals surface area contributed by atoms with Crippen molar-refractivity contribution in [1.82, 2.24) is 5.32 Å². The maximum Gasteiger partial charge on any atom is 0.122 e. The molecule has 1 aliphatic heterocycles. The summed E-state index contributed by atoms with van der Waals surface area (Å²) in [7, 11) is 1.77. The van der Waals surface area contributed by atoms with Gasteiger partial charge in [0.25, 0.3) is 0 Å². The molecule has 2 atom stereocenters. The van der Waals surface area contributed by atoms with Crippen LogP contribution < -0.4 is 10.1 Å². The Morgan fingerprint density at radius 2 is 2.19 bits per heavy atom. The van der Waals surface area contributed by atoms with Crippen molar-refractivity contribution in [2.45, 2.75) is 18.8 Å². The number of nitrogens with one attached hydrogen (secondary N) is 1. The molecular formula is C13H18ClNO. The van der Waals surface area contributed by atoms with Crippen LogP contribution in [0.15, 0.2) is 18.2 Å². The zero-order valence-electron chi connectivity index (χ0n) is 9.53. The molecule has 0 saturated carbocycles. The maximum atomic E-state index is 5.44. The van der Waals surface area contributed by atoms with Crippen LogP contribution in [0.25, 0.3) is 0 Å². The minimum absolute atomic E-state index is 0. The van der Waals surface area contributed by atoms with Gasteiger partial charge in [0.1, 0.15) is 5.75 Å². The van der Waals surface area contributed by atoms with Gasteiger partial charge in [-0.1, -0.05) is 12.1 Å². The van der Waals surface area contributed by atoms with Crippen LogP contribution in [0.1, 0.15) is 23.5 Å². The van der Waals surface area contributed by atoms with E-state index in [0.29, 0.717) is 0 Å². The first-order valence-electron chi connectivity index (χ1n) is 5.76. The lowest BCUT2D eigenvalue weighted by molar-refractivity contribution is 0.392. The van der Waals surface area contributed by atoms with E-state index in [1.54, 1.807) is 7.11 Å².